The molecule has 1 aliphatic rings. The predicted octanol–water partition coefficient (Wildman–Crippen LogP) is 5.44. The normalized spacial score (nSPS) is 16.2. The van der Waals surface area contributed by atoms with E-state index >= 15 is 0 Å². The first-order valence-corrected chi connectivity index (χ1v) is 8.66. The fraction of sp³-hybridized carbons (Fsp3) is 0.0455. The monoisotopic (exact) mass is 361 g/mol. The fourth-order valence-electron chi connectivity index (χ4n) is 2.83. The summed E-state index contributed by atoms with van der Waals surface area (Å²) in [5.74, 6) is 0.880. The molecular formula is C22H16ClNO2. The second-order valence-electron chi connectivity index (χ2n) is 5.89. The van der Waals surface area contributed by atoms with Crippen LogP contribution in [0.1, 0.15) is 22.8 Å². The van der Waals surface area contributed by atoms with E-state index in [1.54, 1.807) is 0 Å². The molecular weight excluding hydrogens is 346 g/mol. The molecule has 0 amide bonds. The Morgan fingerprint density at radius 3 is 2.19 bits per heavy atom. The molecule has 1 unspecified atom stereocenters. The zero-order valence-corrected chi connectivity index (χ0v) is 14.6. The first-order chi connectivity index (χ1) is 12.7. The van der Waals surface area contributed by atoms with E-state index in [2.05, 4.69) is 4.99 Å². The minimum atomic E-state index is -0.976. The number of halogens is 1. The number of nitrogens with zero attached hydrogens (tertiary/aromatic N) is 1. The van der Waals surface area contributed by atoms with E-state index in [0.717, 1.165) is 16.8 Å². The van der Waals surface area contributed by atoms with Crippen molar-refractivity contribution in [2.45, 2.75) is 6.10 Å². The largest absolute Gasteiger partial charge is 0.436 e. The van der Waals surface area contributed by atoms with Crippen molar-refractivity contribution >= 4 is 28.9 Å². The molecule has 0 aromatic heterocycles. The van der Waals surface area contributed by atoms with Crippen LogP contribution in [0.5, 0.6) is 0 Å². The molecule has 1 heterocycles. The SMILES string of the molecule is OC(/C(Cl)=C1/OC(c2ccccc2)=Nc2ccccc21)c1ccccc1. The van der Waals surface area contributed by atoms with Crippen LogP contribution >= 0.6 is 11.6 Å². The van der Waals surface area contributed by atoms with Gasteiger partial charge in [-0.25, -0.2) is 4.99 Å². The average Bonchev–Trinajstić information content (AvgIpc) is 2.73. The Morgan fingerprint density at radius 2 is 1.46 bits per heavy atom. The van der Waals surface area contributed by atoms with Crippen LogP contribution in [0.25, 0.3) is 5.76 Å². The Bertz CT molecular complexity index is 981. The Hall–Kier alpha value is -2.88. The van der Waals surface area contributed by atoms with Crippen molar-refractivity contribution in [2.75, 3.05) is 0 Å². The summed E-state index contributed by atoms with van der Waals surface area (Å²) in [6, 6.07) is 26.5. The number of hydrogen-bond acceptors (Lipinski definition) is 3. The third-order valence-electron chi connectivity index (χ3n) is 4.16. The number of para-hydroxylation sites is 1. The van der Waals surface area contributed by atoms with E-state index in [4.69, 9.17) is 16.3 Å². The Balaban J connectivity index is 1.82. The minimum Gasteiger partial charge on any atom is -0.436 e. The van der Waals surface area contributed by atoms with Crippen LogP contribution < -0.4 is 0 Å². The lowest BCUT2D eigenvalue weighted by Crippen LogP contribution is -2.13. The van der Waals surface area contributed by atoms with Gasteiger partial charge in [-0.2, -0.15) is 0 Å². The van der Waals surface area contributed by atoms with Crippen molar-refractivity contribution in [1.82, 2.24) is 0 Å². The summed E-state index contributed by atoms with van der Waals surface area (Å²) in [4.78, 5) is 4.60. The van der Waals surface area contributed by atoms with Crippen LogP contribution in [0.3, 0.4) is 0 Å². The van der Waals surface area contributed by atoms with Crippen molar-refractivity contribution in [3.63, 3.8) is 0 Å². The van der Waals surface area contributed by atoms with Gasteiger partial charge in [0.2, 0.25) is 5.90 Å². The van der Waals surface area contributed by atoms with Gasteiger partial charge in [-0.1, -0.05) is 72.3 Å². The first kappa shape index (κ1) is 16.6. The van der Waals surface area contributed by atoms with E-state index in [1.165, 1.54) is 0 Å². The zero-order chi connectivity index (χ0) is 17.9. The van der Waals surface area contributed by atoms with E-state index in [1.807, 2.05) is 84.9 Å². The van der Waals surface area contributed by atoms with Gasteiger partial charge in [0.05, 0.1) is 10.7 Å². The number of ether oxygens (including phenoxy) is 1. The van der Waals surface area contributed by atoms with Gasteiger partial charge in [-0.15, -0.1) is 0 Å². The van der Waals surface area contributed by atoms with Gasteiger partial charge in [0.25, 0.3) is 0 Å². The second kappa shape index (κ2) is 7.16. The van der Waals surface area contributed by atoms with E-state index in [0.29, 0.717) is 17.2 Å². The number of aliphatic hydroxyl groups is 1. The van der Waals surface area contributed by atoms with Crippen LogP contribution in [0.4, 0.5) is 5.69 Å². The molecule has 0 saturated heterocycles. The van der Waals surface area contributed by atoms with Crippen LogP contribution in [0.2, 0.25) is 0 Å². The number of rotatable bonds is 3. The van der Waals surface area contributed by atoms with Gasteiger partial charge in [-0.3, -0.25) is 0 Å². The standard InChI is InChI=1S/C22H16ClNO2/c23-19(20(25)15-9-3-1-4-10-15)21-17-13-7-8-14-18(17)24-22(26-21)16-11-5-2-6-12-16/h1-14,20,25H/b21-19-. The second-order valence-corrected chi connectivity index (χ2v) is 6.30. The van der Waals surface area contributed by atoms with Gasteiger partial charge >= 0.3 is 0 Å². The van der Waals surface area contributed by atoms with Gasteiger partial charge in [0, 0.05) is 11.1 Å². The maximum absolute atomic E-state index is 10.7. The summed E-state index contributed by atoms with van der Waals surface area (Å²) in [7, 11) is 0. The molecule has 1 atom stereocenters. The molecule has 0 fully saturated rings. The molecule has 4 heteroatoms. The molecule has 4 rings (SSSR count). The topological polar surface area (TPSA) is 41.8 Å². The van der Waals surface area contributed by atoms with Crippen molar-refractivity contribution in [3.8, 4) is 0 Å². The lowest BCUT2D eigenvalue weighted by atomic mass is 10.0. The summed E-state index contributed by atoms with van der Waals surface area (Å²) in [5.41, 5.74) is 3.06. The number of hydrogen-bond donors (Lipinski definition) is 1. The summed E-state index contributed by atoms with van der Waals surface area (Å²) in [6.07, 6.45) is -0.976. The van der Waals surface area contributed by atoms with E-state index in [-0.39, 0.29) is 5.03 Å². The Labute approximate surface area is 156 Å². The van der Waals surface area contributed by atoms with Gasteiger partial charge in [0.15, 0.2) is 5.76 Å². The molecule has 0 aliphatic carbocycles. The Morgan fingerprint density at radius 1 is 0.846 bits per heavy atom. The number of aliphatic imine (C=N–C) groups is 1. The van der Waals surface area contributed by atoms with E-state index < -0.39 is 6.10 Å². The number of benzene rings is 3. The van der Waals surface area contributed by atoms with Gasteiger partial charge in [-0.05, 0) is 29.8 Å². The molecule has 26 heavy (non-hydrogen) atoms. The number of aliphatic hydroxyl groups excluding tert-OH is 1. The molecule has 0 saturated carbocycles. The Kier molecular flexibility index (Phi) is 4.57. The molecule has 1 N–H and O–H groups in total. The lowest BCUT2D eigenvalue weighted by Gasteiger charge is -2.22. The zero-order valence-electron chi connectivity index (χ0n) is 13.8. The van der Waals surface area contributed by atoms with Crippen molar-refractivity contribution in [1.29, 1.82) is 0 Å². The third-order valence-corrected chi connectivity index (χ3v) is 4.54. The smallest absolute Gasteiger partial charge is 0.227 e. The molecule has 0 spiro atoms. The maximum Gasteiger partial charge on any atom is 0.227 e. The highest BCUT2D eigenvalue weighted by Gasteiger charge is 2.26. The highest BCUT2D eigenvalue weighted by molar-refractivity contribution is 6.33. The molecule has 0 radical (unpaired) electrons. The molecule has 128 valence electrons. The predicted molar refractivity (Wildman–Crippen MR) is 104 cm³/mol. The number of fused-ring (bicyclic) bond motifs is 1. The molecule has 1 aliphatic heterocycles. The average molecular weight is 362 g/mol. The first-order valence-electron chi connectivity index (χ1n) is 8.28. The molecule has 3 nitrogen and oxygen atoms in total. The van der Waals surface area contributed by atoms with Crippen molar-refractivity contribution < 1.29 is 9.84 Å². The summed E-state index contributed by atoms with van der Waals surface area (Å²) >= 11 is 6.57. The van der Waals surface area contributed by atoms with Crippen LogP contribution in [-0.2, 0) is 4.74 Å². The fourth-order valence-corrected chi connectivity index (χ4v) is 3.10. The summed E-state index contributed by atoms with van der Waals surface area (Å²) in [5, 5.41) is 10.9. The van der Waals surface area contributed by atoms with Gasteiger partial charge in [0.1, 0.15) is 6.10 Å². The van der Waals surface area contributed by atoms with Crippen LogP contribution in [0.15, 0.2) is 95.0 Å². The highest BCUT2D eigenvalue weighted by atomic mass is 35.5. The molecule has 3 aromatic carbocycles. The van der Waals surface area contributed by atoms with Crippen molar-refractivity contribution in [2.24, 2.45) is 4.99 Å². The van der Waals surface area contributed by atoms with E-state index in [9.17, 15) is 5.11 Å². The molecule has 0 bridgehead atoms. The lowest BCUT2D eigenvalue weighted by molar-refractivity contribution is 0.222. The van der Waals surface area contributed by atoms with Crippen molar-refractivity contribution in [3.05, 3.63) is 107 Å². The molecule has 3 aromatic rings. The van der Waals surface area contributed by atoms with Crippen LogP contribution in [0, 0.1) is 0 Å². The quantitative estimate of drug-likeness (QED) is 0.675. The minimum absolute atomic E-state index is 0.229. The third kappa shape index (κ3) is 3.15. The maximum atomic E-state index is 10.7. The van der Waals surface area contributed by atoms with Gasteiger partial charge < -0.3 is 9.84 Å². The van der Waals surface area contributed by atoms with Crippen LogP contribution in [-0.4, -0.2) is 11.0 Å². The summed E-state index contributed by atoms with van der Waals surface area (Å²) in [6.45, 7) is 0. The summed E-state index contributed by atoms with van der Waals surface area (Å²) < 4.78 is 6.04. The highest BCUT2D eigenvalue weighted by Crippen LogP contribution is 2.39.